The van der Waals surface area contributed by atoms with Gasteiger partial charge < -0.3 is 10.6 Å². The molecule has 0 saturated carbocycles. The van der Waals surface area contributed by atoms with Crippen LogP contribution in [0, 0.1) is 5.92 Å². The van der Waals surface area contributed by atoms with Crippen molar-refractivity contribution in [3.8, 4) is 10.6 Å². The van der Waals surface area contributed by atoms with E-state index in [9.17, 15) is 4.79 Å². The molecule has 1 aliphatic rings. The van der Waals surface area contributed by atoms with E-state index in [1.807, 2.05) is 29.6 Å². The first-order valence-corrected chi connectivity index (χ1v) is 8.14. The molecule has 1 aromatic heterocycles. The van der Waals surface area contributed by atoms with Crippen LogP contribution in [0.15, 0.2) is 35.8 Å². The number of aromatic nitrogens is 1. The first-order valence-electron chi connectivity index (χ1n) is 7.26. The Kier molecular flexibility index (Phi) is 4.31. The molecule has 2 aromatic rings. The lowest BCUT2D eigenvalue weighted by Crippen LogP contribution is -2.45. The van der Waals surface area contributed by atoms with Crippen LogP contribution in [0.3, 0.4) is 0 Å². The highest BCUT2D eigenvalue weighted by molar-refractivity contribution is 7.13. The highest BCUT2D eigenvalue weighted by atomic mass is 32.1. The van der Waals surface area contributed by atoms with Crippen molar-refractivity contribution in [3.63, 3.8) is 0 Å². The number of piperidine rings is 1. The summed E-state index contributed by atoms with van der Waals surface area (Å²) in [5.41, 5.74) is 1.91. The van der Waals surface area contributed by atoms with Gasteiger partial charge in [-0.25, -0.2) is 4.98 Å². The zero-order valence-corrected chi connectivity index (χ0v) is 12.8. The van der Waals surface area contributed by atoms with E-state index < -0.39 is 0 Å². The van der Waals surface area contributed by atoms with Gasteiger partial charge in [-0.1, -0.05) is 6.92 Å². The number of anilines is 1. The van der Waals surface area contributed by atoms with Crippen LogP contribution in [0.2, 0.25) is 0 Å². The van der Waals surface area contributed by atoms with E-state index in [0.717, 1.165) is 35.6 Å². The maximum absolute atomic E-state index is 12.2. The topological polar surface area (TPSA) is 54.0 Å². The molecule has 1 fully saturated rings. The van der Waals surface area contributed by atoms with E-state index in [0.29, 0.717) is 5.92 Å². The molecule has 4 nitrogen and oxygen atoms in total. The normalized spacial score (nSPS) is 22.0. The molecule has 5 heteroatoms. The van der Waals surface area contributed by atoms with E-state index >= 15 is 0 Å². The first kappa shape index (κ1) is 14.2. The van der Waals surface area contributed by atoms with Gasteiger partial charge in [0.15, 0.2) is 0 Å². The molecule has 2 unspecified atom stereocenters. The van der Waals surface area contributed by atoms with Gasteiger partial charge in [0.1, 0.15) is 5.01 Å². The van der Waals surface area contributed by atoms with Crippen molar-refractivity contribution in [1.29, 1.82) is 0 Å². The summed E-state index contributed by atoms with van der Waals surface area (Å²) in [4.78, 5) is 16.5. The zero-order chi connectivity index (χ0) is 14.7. The minimum atomic E-state index is -0.0765. The summed E-state index contributed by atoms with van der Waals surface area (Å²) >= 11 is 1.61. The number of benzene rings is 1. The van der Waals surface area contributed by atoms with Gasteiger partial charge in [0, 0.05) is 22.8 Å². The SMILES string of the molecule is CC1CCNC(C(=O)Nc2ccc(-c3nccs3)cc2)C1. The van der Waals surface area contributed by atoms with Crippen molar-refractivity contribution in [2.45, 2.75) is 25.8 Å². The third kappa shape index (κ3) is 3.49. The van der Waals surface area contributed by atoms with E-state index in [1.165, 1.54) is 0 Å². The van der Waals surface area contributed by atoms with Crippen LogP contribution in [-0.4, -0.2) is 23.5 Å². The Hall–Kier alpha value is -1.72. The van der Waals surface area contributed by atoms with Crippen molar-refractivity contribution in [3.05, 3.63) is 35.8 Å². The average molecular weight is 301 g/mol. The molecule has 0 radical (unpaired) electrons. The Labute approximate surface area is 128 Å². The second-order valence-electron chi connectivity index (χ2n) is 5.54. The molecule has 0 bridgehead atoms. The number of hydrogen-bond donors (Lipinski definition) is 2. The molecular formula is C16H19N3OS. The molecule has 1 aliphatic heterocycles. The van der Waals surface area contributed by atoms with Crippen LogP contribution in [0.4, 0.5) is 5.69 Å². The molecule has 3 rings (SSSR count). The van der Waals surface area contributed by atoms with Gasteiger partial charge >= 0.3 is 0 Å². The highest BCUT2D eigenvalue weighted by Gasteiger charge is 2.24. The summed E-state index contributed by atoms with van der Waals surface area (Å²) in [5, 5.41) is 9.22. The maximum atomic E-state index is 12.2. The van der Waals surface area contributed by atoms with Crippen LogP contribution < -0.4 is 10.6 Å². The van der Waals surface area contributed by atoms with E-state index in [4.69, 9.17) is 0 Å². The van der Waals surface area contributed by atoms with Gasteiger partial charge in [0.2, 0.25) is 5.91 Å². The molecule has 2 atom stereocenters. The van der Waals surface area contributed by atoms with E-state index in [-0.39, 0.29) is 11.9 Å². The molecule has 21 heavy (non-hydrogen) atoms. The van der Waals surface area contributed by atoms with E-state index in [2.05, 4.69) is 22.5 Å². The van der Waals surface area contributed by atoms with Gasteiger partial charge in [-0.2, -0.15) is 0 Å². The second kappa shape index (κ2) is 6.37. The lowest BCUT2D eigenvalue weighted by molar-refractivity contribution is -0.119. The molecule has 1 aromatic carbocycles. The molecule has 0 spiro atoms. The molecule has 1 amide bonds. The number of nitrogens with zero attached hydrogens (tertiary/aromatic N) is 1. The summed E-state index contributed by atoms with van der Waals surface area (Å²) in [6.45, 7) is 3.12. The molecule has 0 aliphatic carbocycles. The number of rotatable bonds is 3. The number of amides is 1. The highest BCUT2D eigenvalue weighted by Crippen LogP contribution is 2.23. The third-order valence-electron chi connectivity index (χ3n) is 3.81. The Morgan fingerprint density at radius 3 is 2.86 bits per heavy atom. The monoisotopic (exact) mass is 301 g/mol. The quantitative estimate of drug-likeness (QED) is 0.915. The minimum Gasteiger partial charge on any atom is -0.325 e. The Morgan fingerprint density at radius 2 is 2.19 bits per heavy atom. The number of nitrogens with one attached hydrogen (secondary N) is 2. The predicted molar refractivity (Wildman–Crippen MR) is 86.4 cm³/mol. The van der Waals surface area contributed by atoms with Crippen LogP contribution in [0.1, 0.15) is 19.8 Å². The lowest BCUT2D eigenvalue weighted by Gasteiger charge is -2.27. The molecular weight excluding hydrogens is 282 g/mol. The third-order valence-corrected chi connectivity index (χ3v) is 4.64. The summed E-state index contributed by atoms with van der Waals surface area (Å²) in [5.74, 6) is 0.665. The fourth-order valence-corrected chi connectivity index (χ4v) is 3.24. The van der Waals surface area contributed by atoms with Crippen molar-refractivity contribution >= 4 is 22.9 Å². The minimum absolute atomic E-state index is 0.0588. The predicted octanol–water partition coefficient (Wildman–Crippen LogP) is 3.14. The zero-order valence-electron chi connectivity index (χ0n) is 12.0. The van der Waals surface area contributed by atoms with Gasteiger partial charge in [-0.15, -0.1) is 11.3 Å². The van der Waals surface area contributed by atoms with Crippen LogP contribution in [0.5, 0.6) is 0 Å². The fourth-order valence-electron chi connectivity index (χ4n) is 2.60. The van der Waals surface area contributed by atoms with Gasteiger partial charge in [0.25, 0.3) is 0 Å². The number of carbonyl (C=O) groups is 1. The summed E-state index contributed by atoms with van der Waals surface area (Å²) in [6.07, 6.45) is 3.85. The summed E-state index contributed by atoms with van der Waals surface area (Å²) in [7, 11) is 0. The Balaban J connectivity index is 1.63. The summed E-state index contributed by atoms with van der Waals surface area (Å²) in [6, 6.07) is 7.77. The lowest BCUT2D eigenvalue weighted by atomic mass is 9.94. The number of hydrogen-bond acceptors (Lipinski definition) is 4. The smallest absolute Gasteiger partial charge is 0.241 e. The van der Waals surface area contributed by atoms with Crippen molar-refractivity contribution in [2.75, 3.05) is 11.9 Å². The summed E-state index contributed by atoms with van der Waals surface area (Å²) < 4.78 is 0. The second-order valence-corrected chi connectivity index (χ2v) is 6.43. The van der Waals surface area contributed by atoms with Crippen LogP contribution in [-0.2, 0) is 4.79 Å². The number of thiazole rings is 1. The Morgan fingerprint density at radius 1 is 1.38 bits per heavy atom. The molecule has 2 N–H and O–H groups in total. The van der Waals surface area contributed by atoms with Crippen molar-refractivity contribution in [2.24, 2.45) is 5.92 Å². The van der Waals surface area contributed by atoms with Gasteiger partial charge in [-0.05, 0) is 49.6 Å². The molecule has 2 heterocycles. The van der Waals surface area contributed by atoms with E-state index in [1.54, 1.807) is 17.5 Å². The standard InChI is InChI=1S/C16H19N3OS/c1-11-6-7-17-14(10-11)15(20)19-13-4-2-12(3-5-13)16-18-8-9-21-16/h2-5,8-9,11,14,17H,6-7,10H2,1H3,(H,19,20). The first-order chi connectivity index (χ1) is 10.2. The fraction of sp³-hybridized carbons (Fsp3) is 0.375. The van der Waals surface area contributed by atoms with Gasteiger partial charge in [0.05, 0.1) is 6.04 Å². The van der Waals surface area contributed by atoms with Crippen molar-refractivity contribution < 1.29 is 4.79 Å². The van der Waals surface area contributed by atoms with Gasteiger partial charge in [-0.3, -0.25) is 4.79 Å². The molecule has 110 valence electrons. The van der Waals surface area contributed by atoms with Crippen LogP contribution in [0.25, 0.3) is 10.6 Å². The number of carbonyl (C=O) groups excluding carboxylic acids is 1. The largest absolute Gasteiger partial charge is 0.325 e. The molecule has 1 saturated heterocycles. The maximum Gasteiger partial charge on any atom is 0.241 e. The van der Waals surface area contributed by atoms with Crippen molar-refractivity contribution in [1.82, 2.24) is 10.3 Å². The average Bonchev–Trinajstić information content (AvgIpc) is 3.02. The Bertz CT molecular complexity index is 594. The van der Waals surface area contributed by atoms with Crippen LogP contribution >= 0.6 is 11.3 Å².